The van der Waals surface area contributed by atoms with Crippen LogP contribution in [-0.4, -0.2) is 43.1 Å². The molecule has 1 heterocycles. The molecule has 0 radical (unpaired) electrons. The number of aliphatic hydroxyl groups is 1. The highest BCUT2D eigenvalue weighted by molar-refractivity contribution is 7.91. The van der Waals surface area contributed by atoms with Crippen molar-refractivity contribution in [3.63, 3.8) is 0 Å². The van der Waals surface area contributed by atoms with Gasteiger partial charge < -0.3 is 10.4 Å². The Labute approximate surface area is 96.1 Å². The molecule has 2 atom stereocenters. The number of sulfone groups is 1. The van der Waals surface area contributed by atoms with Crippen LogP contribution in [0, 0.1) is 5.92 Å². The van der Waals surface area contributed by atoms with Crippen LogP contribution in [0.1, 0.15) is 26.7 Å². The van der Waals surface area contributed by atoms with Crippen LogP contribution in [0.3, 0.4) is 0 Å². The van der Waals surface area contributed by atoms with Gasteiger partial charge in [-0.2, -0.15) is 0 Å². The first-order valence-electron chi connectivity index (χ1n) is 5.58. The monoisotopic (exact) mass is 249 g/mol. The average molecular weight is 249 g/mol. The number of aliphatic hydroxyl groups excluding tert-OH is 1. The number of rotatable bonds is 4. The Morgan fingerprint density at radius 3 is 2.31 bits per heavy atom. The van der Waals surface area contributed by atoms with Crippen LogP contribution in [0.15, 0.2) is 0 Å². The molecule has 1 aliphatic rings. The fourth-order valence-corrected chi connectivity index (χ4v) is 3.67. The van der Waals surface area contributed by atoms with Gasteiger partial charge in [0.25, 0.3) is 0 Å². The molecule has 0 aromatic heterocycles. The van der Waals surface area contributed by atoms with E-state index in [-0.39, 0.29) is 23.3 Å². The minimum atomic E-state index is -3.19. The molecule has 6 heteroatoms. The summed E-state index contributed by atoms with van der Waals surface area (Å²) in [6.07, 6.45) is 0.471. The van der Waals surface area contributed by atoms with Crippen LogP contribution in [0.2, 0.25) is 0 Å². The van der Waals surface area contributed by atoms with Gasteiger partial charge in [0, 0.05) is 5.92 Å². The molecule has 0 aromatic rings. The first kappa shape index (κ1) is 13.4. The van der Waals surface area contributed by atoms with Gasteiger partial charge in [0.05, 0.1) is 23.7 Å². The Bertz CT molecular complexity index is 348. The Hall–Kier alpha value is -0.620. The first-order chi connectivity index (χ1) is 7.39. The van der Waals surface area contributed by atoms with Gasteiger partial charge in [-0.05, 0) is 12.8 Å². The zero-order chi connectivity index (χ0) is 12.3. The van der Waals surface area contributed by atoms with Gasteiger partial charge in [0.15, 0.2) is 9.84 Å². The van der Waals surface area contributed by atoms with Crippen LogP contribution in [-0.2, 0) is 14.6 Å². The van der Waals surface area contributed by atoms with Gasteiger partial charge in [-0.25, -0.2) is 8.42 Å². The lowest BCUT2D eigenvalue weighted by atomic mass is 10.0. The van der Waals surface area contributed by atoms with E-state index in [1.54, 1.807) is 0 Å². The lowest BCUT2D eigenvalue weighted by Gasteiger charge is -2.18. The van der Waals surface area contributed by atoms with E-state index in [9.17, 15) is 18.3 Å². The van der Waals surface area contributed by atoms with Gasteiger partial charge in [0.1, 0.15) is 0 Å². The molecule has 1 fully saturated rings. The molecule has 16 heavy (non-hydrogen) atoms. The van der Waals surface area contributed by atoms with E-state index in [2.05, 4.69) is 5.32 Å². The summed E-state index contributed by atoms with van der Waals surface area (Å²) in [6, 6.07) is -0.641. The Morgan fingerprint density at radius 1 is 1.38 bits per heavy atom. The van der Waals surface area contributed by atoms with Crippen LogP contribution in [0.4, 0.5) is 0 Å². The Morgan fingerprint density at radius 2 is 1.94 bits per heavy atom. The number of hydrogen-bond acceptors (Lipinski definition) is 4. The predicted molar refractivity (Wildman–Crippen MR) is 60.7 cm³/mol. The summed E-state index contributed by atoms with van der Waals surface area (Å²) < 4.78 is 22.5. The highest BCUT2D eigenvalue weighted by Crippen LogP contribution is 2.14. The van der Waals surface area contributed by atoms with Crippen molar-refractivity contribution in [2.45, 2.75) is 38.8 Å². The van der Waals surface area contributed by atoms with Crippen molar-refractivity contribution in [2.75, 3.05) is 11.5 Å². The van der Waals surface area contributed by atoms with Crippen LogP contribution in [0.5, 0.6) is 0 Å². The van der Waals surface area contributed by atoms with E-state index < -0.39 is 22.0 Å². The molecule has 2 N–H and O–H groups in total. The Kier molecular flexibility index (Phi) is 4.32. The minimum absolute atomic E-state index is 0.101. The molecule has 1 aliphatic heterocycles. The highest BCUT2D eigenvalue weighted by Gasteiger charge is 2.37. The van der Waals surface area contributed by atoms with Crippen molar-refractivity contribution in [1.29, 1.82) is 0 Å². The van der Waals surface area contributed by atoms with E-state index in [0.29, 0.717) is 0 Å². The number of carbonyl (C=O) groups excluding carboxylic acids is 1. The van der Waals surface area contributed by atoms with Gasteiger partial charge >= 0.3 is 0 Å². The standard InChI is InChI=1S/C10H19NO4S/c1-3-7(4-2)10(13)11-8-5-16(14,15)6-9(8)12/h7-9,12H,3-6H2,1-2H3,(H,11,13). The molecule has 5 nitrogen and oxygen atoms in total. The molecular weight excluding hydrogens is 230 g/mol. The normalized spacial score (nSPS) is 28.2. The summed E-state index contributed by atoms with van der Waals surface area (Å²) in [6.45, 7) is 3.82. The predicted octanol–water partition coefficient (Wildman–Crippen LogP) is -0.303. The van der Waals surface area contributed by atoms with Gasteiger partial charge in [-0.3, -0.25) is 4.79 Å². The third-order valence-corrected chi connectivity index (χ3v) is 4.72. The van der Waals surface area contributed by atoms with E-state index in [1.807, 2.05) is 13.8 Å². The molecule has 0 spiro atoms. The average Bonchev–Trinajstić information content (AvgIpc) is 2.41. The van der Waals surface area contributed by atoms with E-state index in [1.165, 1.54) is 0 Å². The van der Waals surface area contributed by atoms with Gasteiger partial charge in [-0.1, -0.05) is 13.8 Å². The SMILES string of the molecule is CCC(CC)C(=O)NC1CS(=O)(=O)CC1O. The maximum atomic E-state index is 11.7. The first-order valence-corrected chi connectivity index (χ1v) is 7.40. The van der Waals surface area contributed by atoms with Crippen LogP contribution in [0.25, 0.3) is 0 Å². The second-order valence-corrected chi connectivity index (χ2v) is 6.43. The maximum absolute atomic E-state index is 11.7. The molecule has 1 saturated heterocycles. The molecule has 1 rings (SSSR count). The fourth-order valence-electron chi connectivity index (χ4n) is 1.93. The molecule has 0 aliphatic carbocycles. The third kappa shape index (κ3) is 3.18. The maximum Gasteiger partial charge on any atom is 0.223 e. The second-order valence-electron chi connectivity index (χ2n) is 4.27. The zero-order valence-electron chi connectivity index (χ0n) is 9.64. The zero-order valence-corrected chi connectivity index (χ0v) is 10.5. The quantitative estimate of drug-likeness (QED) is 0.716. The Balaban J connectivity index is 2.59. The number of hydrogen-bond donors (Lipinski definition) is 2. The molecular formula is C10H19NO4S. The molecule has 0 aromatic carbocycles. The lowest BCUT2D eigenvalue weighted by molar-refractivity contribution is -0.126. The van der Waals surface area contributed by atoms with Crippen LogP contribution >= 0.6 is 0 Å². The van der Waals surface area contributed by atoms with E-state index in [0.717, 1.165) is 12.8 Å². The largest absolute Gasteiger partial charge is 0.390 e. The van der Waals surface area contributed by atoms with Crippen molar-refractivity contribution < 1.29 is 18.3 Å². The van der Waals surface area contributed by atoms with Gasteiger partial charge in [-0.15, -0.1) is 0 Å². The van der Waals surface area contributed by atoms with Crippen LogP contribution < -0.4 is 5.32 Å². The van der Waals surface area contributed by atoms with Gasteiger partial charge in [0.2, 0.25) is 5.91 Å². The number of carbonyl (C=O) groups is 1. The lowest BCUT2D eigenvalue weighted by Crippen LogP contribution is -2.45. The topological polar surface area (TPSA) is 83.5 Å². The van der Waals surface area contributed by atoms with Crippen molar-refractivity contribution in [2.24, 2.45) is 5.92 Å². The summed E-state index contributed by atoms with van der Waals surface area (Å²) in [5.74, 6) is -0.664. The molecule has 0 saturated carbocycles. The molecule has 0 bridgehead atoms. The smallest absolute Gasteiger partial charge is 0.223 e. The molecule has 1 amide bonds. The van der Waals surface area contributed by atoms with E-state index >= 15 is 0 Å². The summed E-state index contributed by atoms with van der Waals surface area (Å²) >= 11 is 0. The van der Waals surface area contributed by atoms with Crippen molar-refractivity contribution in [3.05, 3.63) is 0 Å². The fraction of sp³-hybridized carbons (Fsp3) is 0.900. The summed E-state index contributed by atoms with van der Waals surface area (Å²) in [5.41, 5.74) is 0. The molecule has 2 unspecified atom stereocenters. The van der Waals surface area contributed by atoms with E-state index in [4.69, 9.17) is 0 Å². The minimum Gasteiger partial charge on any atom is -0.390 e. The molecule has 94 valence electrons. The summed E-state index contributed by atoms with van der Waals surface area (Å²) in [7, 11) is -3.19. The number of amides is 1. The van der Waals surface area contributed by atoms with Crippen molar-refractivity contribution in [3.8, 4) is 0 Å². The third-order valence-electron chi connectivity index (χ3n) is 3.01. The van der Waals surface area contributed by atoms with Crippen molar-refractivity contribution in [1.82, 2.24) is 5.32 Å². The van der Waals surface area contributed by atoms with Crippen molar-refractivity contribution >= 4 is 15.7 Å². The highest BCUT2D eigenvalue weighted by atomic mass is 32.2. The summed E-state index contributed by atoms with van der Waals surface area (Å²) in [4.78, 5) is 11.7. The second kappa shape index (κ2) is 5.14. The summed E-state index contributed by atoms with van der Waals surface area (Å²) in [5, 5.41) is 12.1. The number of nitrogens with one attached hydrogen (secondary N) is 1.